The van der Waals surface area contributed by atoms with E-state index in [1.54, 1.807) is 25.1 Å². The average molecular weight is 431 g/mol. The van der Waals surface area contributed by atoms with Crippen molar-refractivity contribution in [3.05, 3.63) is 71.0 Å². The lowest BCUT2D eigenvalue weighted by molar-refractivity contribution is -0.139. The minimum atomic E-state index is -0.712. The zero-order valence-corrected chi connectivity index (χ0v) is 19.2. The van der Waals surface area contributed by atoms with Gasteiger partial charge in [-0.3, -0.25) is 9.59 Å². The molecule has 2 aromatic rings. The molecule has 0 aliphatic heterocycles. The second-order valence-electron chi connectivity index (χ2n) is 8.51. The highest BCUT2D eigenvalue weighted by molar-refractivity contribution is 7.99. The Morgan fingerprint density at radius 3 is 2.33 bits per heavy atom. The lowest BCUT2D eigenvalue weighted by Gasteiger charge is -2.31. The predicted octanol–water partition coefficient (Wildman–Crippen LogP) is 4.70. The van der Waals surface area contributed by atoms with Gasteiger partial charge in [-0.05, 0) is 46.2 Å². The van der Waals surface area contributed by atoms with E-state index in [1.165, 1.54) is 28.3 Å². The first-order valence-electron chi connectivity index (χ1n) is 10.0. The van der Waals surface area contributed by atoms with Crippen LogP contribution in [-0.2, 0) is 21.9 Å². The van der Waals surface area contributed by atoms with Crippen LogP contribution < -0.4 is 5.32 Å². The van der Waals surface area contributed by atoms with Crippen molar-refractivity contribution in [3.63, 3.8) is 0 Å². The van der Waals surface area contributed by atoms with Gasteiger partial charge in [-0.2, -0.15) is 0 Å². The highest BCUT2D eigenvalue weighted by atomic mass is 32.2. The zero-order chi connectivity index (χ0) is 22.3. The van der Waals surface area contributed by atoms with E-state index in [1.807, 2.05) is 52.0 Å². The molecule has 0 saturated carbocycles. The van der Waals surface area contributed by atoms with Crippen molar-refractivity contribution >= 4 is 23.6 Å². The van der Waals surface area contributed by atoms with Crippen LogP contribution in [0.15, 0.2) is 48.5 Å². The number of carbonyl (C=O) groups excluding carboxylic acids is 2. The lowest BCUT2D eigenvalue weighted by atomic mass is 10.1. The number of nitrogens with zero attached hydrogens (tertiary/aromatic N) is 1. The van der Waals surface area contributed by atoms with Crippen LogP contribution in [0.4, 0.5) is 4.39 Å². The number of carbonyl (C=O) groups is 2. The van der Waals surface area contributed by atoms with Crippen LogP contribution in [0.25, 0.3) is 0 Å². The molecule has 0 radical (unpaired) electrons. The van der Waals surface area contributed by atoms with Crippen molar-refractivity contribution in [2.24, 2.45) is 0 Å². The molecule has 0 fully saturated rings. The maximum atomic E-state index is 14.2. The van der Waals surface area contributed by atoms with Crippen LogP contribution in [0, 0.1) is 12.7 Å². The summed E-state index contributed by atoms with van der Waals surface area (Å²) in [5.41, 5.74) is 2.30. The fourth-order valence-corrected chi connectivity index (χ4v) is 3.76. The molecule has 162 valence electrons. The molecule has 1 atom stereocenters. The largest absolute Gasteiger partial charge is 0.350 e. The SMILES string of the molecule is Cc1ccc(CSCC(=O)N(Cc2ccccc2F)C(C)C(=O)NC(C)(C)C)cc1. The van der Waals surface area contributed by atoms with Gasteiger partial charge in [-0.15, -0.1) is 11.8 Å². The summed E-state index contributed by atoms with van der Waals surface area (Å²) >= 11 is 1.49. The van der Waals surface area contributed by atoms with Crippen molar-refractivity contribution in [1.82, 2.24) is 10.2 Å². The second kappa shape index (κ2) is 10.6. The average Bonchev–Trinajstić information content (AvgIpc) is 2.67. The predicted molar refractivity (Wildman–Crippen MR) is 122 cm³/mol. The number of rotatable bonds is 8. The molecule has 0 saturated heterocycles. The van der Waals surface area contributed by atoms with Gasteiger partial charge in [0.25, 0.3) is 0 Å². The Kier molecular flexibility index (Phi) is 8.47. The number of benzene rings is 2. The molecule has 1 N–H and O–H groups in total. The molecule has 0 bridgehead atoms. The third kappa shape index (κ3) is 7.48. The molecule has 6 heteroatoms. The molecular formula is C24H31FN2O2S. The van der Waals surface area contributed by atoms with Gasteiger partial charge >= 0.3 is 0 Å². The number of halogens is 1. The van der Waals surface area contributed by atoms with Gasteiger partial charge in [-0.1, -0.05) is 48.0 Å². The number of hydrogen-bond donors (Lipinski definition) is 1. The zero-order valence-electron chi connectivity index (χ0n) is 18.4. The molecule has 2 rings (SSSR count). The van der Waals surface area contributed by atoms with Gasteiger partial charge in [0.15, 0.2) is 0 Å². The number of thioether (sulfide) groups is 1. The van der Waals surface area contributed by atoms with Crippen LogP contribution in [0.5, 0.6) is 0 Å². The van der Waals surface area contributed by atoms with Crippen LogP contribution in [0.3, 0.4) is 0 Å². The highest BCUT2D eigenvalue weighted by Gasteiger charge is 2.28. The third-order valence-electron chi connectivity index (χ3n) is 4.58. The van der Waals surface area contributed by atoms with Gasteiger partial charge in [0.1, 0.15) is 11.9 Å². The first kappa shape index (κ1) is 23.9. The van der Waals surface area contributed by atoms with Gasteiger partial charge in [0.2, 0.25) is 11.8 Å². The summed E-state index contributed by atoms with van der Waals surface area (Å²) in [6.45, 7) is 9.43. The van der Waals surface area contributed by atoms with Crippen LogP contribution in [0.2, 0.25) is 0 Å². The Balaban J connectivity index is 2.10. The lowest BCUT2D eigenvalue weighted by Crippen LogP contribution is -2.52. The second-order valence-corrected chi connectivity index (χ2v) is 9.49. The highest BCUT2D eigenvalue weighted by Crippen LogP contribution is 2.18. The van der Waals surface area contributed by atoms with Crippen LogP contribution in [0.1, 0.15) is 44.4 Å². The molecule has 0 aliphatic carbocycles. The minimum Gasteiger partial charge on any atom is -0.350 e. The Bertz CT molecular complexity index is 862. The molecule has 30 heavy (non-hydrogen) atoms. The summed E-state index contributed by atoms with van der Waals surface area (Å²) < 4.78 is 14.2. The molecule has 1 unspecified atom stereocenters. The number of nitrogens with one attached hydrogen (secondary N) is 1. The molecule has 4 nitrogen and oxygen atoms in total. The summed E-state index contributed by atoms with van der Waals surface area (Å²) in [6.07, 6.45) is 0. The molecule has 0 aliphatic rings. The molecule has 2 amide bonds. The Morgan fingerprint density at radius 1 is 1.10 bits per heavy atom. The van der Waals surface area contributed by atoms with Crippen molar-refractivity contribution in [2.75, 3.05) is 5.75 Å². The summed E-state index contributed by atoms with van der Waals surface area (Å²) in [4.78, 5) is 27.2. The van der Waals surface area contributed by atoms with Crippen LogP contribution in [-0.4, -0.2) is 34.0 Å². The van der Waals surface area contributed by atoms with Crippen molar-refractivity contribution in [3.8, 4) is 0 Å². The van der Waals surface area contributed by atoms with Gasteiger partial charge < -0.3 is 10.2 Å². The minimum absolute atomic E-state index is 0.0509. The van der Waals surface area contributed by atoms with Gasteiger partial charge in [-0.25, -0.2) is 4.39 Å². The maximum absolute atomic E-state index is 14.2. The van der Waals surface area contributed by atoms with Crippen molar-refractivity contribution < 1.29 is 14.0 Å². The van der Waals surface area contributed by atoms with E-state index in [4.69, 9.17) is 0 Å². The summed E-state index contributed by atoms with van der Waals surface area (Å²) in [5.74, 6) is 0.0890. The fourth-order valence-electron chi connectivity index (χ4n) is 2.89. The number of amides is 2. The van der Waals surface area contributed by atoms with E-state index in [2.05, 4.69) is 5.32 Å². The quantitative estimate of drug-likeness (QED) is 0.660. The van der Waals surface area contributed by atoms with Gasteiger partial charge in [0, 0.05) is 23.4 Å². The molecule has 0 aromatic heterocycles. The van der Waals surface area contributed by atoms with Crippen molar-refractivity contribution in [2.45, 2.75) is 58.5 Å². The Hall–Kier alpha value is -2.34. The third-order valence-corrected chi connectivity index (χ3v) is 5.57. The summed E-state index contributed by atoms with van der Waals surface area (Å²) in [5, 5.41) is 2.91. The summed E-state index contributed by atoms with van der Waals surface area (Å²) in [7, 11) is 0. The number of aryl methyl sites for hydroxylation is 1. The fraction of sp³-hybridized carbons (Fsp3) is 0.417. The van der Waals surface area contributed by atoms with Crippen LogP contribution >= 0.6 is 11.8 Å². The Morgan fingerprint density at radius 2 is 1.73 bits per heavy atom. The molecule has 0 spiro atoms. The first-order valence-corrected chi connectivity index (χ1v) is 11.2. The topological polar surface area (TPSA) is 49.4 Å². The van der Waals surface area contributed by atoms with Crippen molar-refractivity contribution in [1.29, 1.82) is 0 Å². The Labute approximate surface area is 183 Å². The maximum Gasteiger partial charge on any atom is 0.242 e. The molecule has 0 heterocycles. The van der Waals surface area contributed by atoms with Gasteiger partial charge in [0.05, 0.1) is 5.75 Å². The van der Waals surface area contributed by atoms with E-state index in [0.29, 0.717) is 11.3 Å². The number of hydrogen-bond acceptors (Lipinski definition) is 3. The van der Waals surface area contributed by atoms with E-state index in [-0.39, 0.29) is 29.9 Å². The standard InChI is InChI=1S/C24H31FN2O2S/c1-17-10-12-19(13-11-17)15-30-16-22(28)27(14-20-8-6-7-9-21(20)25)18(2)23(29)26-24(3,4)5/h6-13,18H,14-16H2,1-5H3,(H,26,29). The smallest absolute Gasteiger partial charge is 0.242 e. The first-order chi connectivity index (χ1) is 14.1. The monoisotopic (exact) mass is 430 g/mol. The van der Waals surface area contributed by atoms with E-state index < -0.39 is 11.6 Å². The normalized spacial score (nSPS) is 12.3. The van der Waals surface area contributed by atoms with E-state index in [0.717, 1.165) is 5.56 Å². The van der Waals surface area contributed by atoms with E-state index >= 15 is 0 Å². The molecule has 2 aromatic carbocycles. The van der Waals surface area contributed by atoms with E-state index in [9.17, 15) is 14.0 Å². The summed E-state index contributed by atoms with van der Waals surface area (Å²) in [6, 6.07) is 13.8. The molecular weight excluding hydrogens is 399 g/mol.